The second-order valence-electron chi connectivity index (χ2n) is 4.37. The lowest BCUT2D eigenvalue weighted by Gasteiger charge is -2.31. The minimum Gasteiger partial charge on any atom is -0.0693 e. The van der Waals surface area contributed by atoms with Crippen molar-refractivity contribution < 1.29 is 0 Å². The summed E-state index contributed by atoms with van der Waals surface area (Å²) >= 11 is 0. The van der Waals surface area contributed by atoms with Crippen LogP contribution in [0.2, 0.25) is 25.2 Å². The van der Waals surface area contributed by atoms with Gasteiger partial charge in [-0.15, -0.1) is 0 Å². The Kier molecular flexibility index (Phi) is 1.99. The third-order valence-electron chi connectivity index (χ3n) is 2.45. The van der Waals surface area contributed by atoms with Crippen LogP contribution in [0.15, 0.2) is 0 Å². The largest absolute Gasteiger partial charge is 0.0693 e. The molecule has 1 unspecified atom stereocenters. The lowest BCUT2D eigenvalue weighted by Crippen LogP contribution is -2.31. The fraction of sp³-hybridized carbons (Fsp3) is 1.00. The van der Waals surface area contributed by atoms with Crippen molar-refractivity contribution >= 4 is 8.07 Å². The van der Waals surface area contributed by atoms with Crippen molar-refractivity contribution in [3.8, 4) is 0 Å². The first-order valence-corrected chi connectivity index (χ1v) is 7.52. The van der Waals surface area contributed by atoms with Crippen LogP contribution in [0, 0.1) is 5.92 Å². The maximum atomic E-state index is 2.53. The third kappa shape index (κ3) is 2.13. The normalized spacial score (nSPS) is 34.3. The van der Waals surface area contributed by atoms with E-state index in [4.69, 9.17) is 0 Å². The summed E-state index contributed by atoms with van der Waals surface area (Å²) in [5, 5.41) is 0. The molecule has 1 heterocycles. The zero-order chi connectivity index (χ0) is 6.91. The first kappa shape index (κ1) is 7.33. The van der Waals surface area contributed by atoms with Crippen molar-refractivity contribution in [2.45, 2.75) is 44.9 Å². The Bertz CT molecular complexity index is 96.7. The highest BCUT2D eigenvalue weighted by Gasteiger charge is 2.26. The van der Waals surface area contributed by atoms with E-state index < -0.39 is 8.07 Å². The Morgan fingerprint density at radius 2 is 2.00 bits per heavy atom. The van der Waals surface area contributed by atoms with E-state index in [0.29, 0.717) is 0 Å². The second-order valence-corrected chi connectivity index (χ2v) is 9.60. The lowest BCUT2D eigenvalue weighted by atomic mass is 10.1. The molecule has 1 rings (SSSR count). The van der Waals surface area contributed by atoms with Crippen LogP contribution in [0.5, 0.6) is 0 Å². The van der Waals surface area contributed by atoms with E-state index in [-0.39, 0.29) is 0 Å². The molecule has 0 saturated carbocycles. The highest BCUT2D eigenvalue weighted by Crippen LogP contribution is 2.31. The fourth-order valence-corrected chi connectivity index (χ4v) is 5.53. The van der Waals surface area contributed by atoms with Crippen molar-refractivity contribution in [3.63, 3.8) is 0 Å². The van der Waals surface area contributed by atoms with Crippen molar-refractivity contribution in [3.05, 3.63) is 0 Å². The van der Waals surface area contributed by atoms with Gasteiger partial charge in [0, 0.05) is 8.07 Å². The lowest BCUT2D eigenvalue weighted by molar-refractivity contribution is 0.538. The van der Waals surface area contributed by atoms with Crippen LogP contribution >= 0.6 is 0 Å². The molecule has 0 aliphatic carbocycles. The van der Waals surface area contributed by atoms with Crippen molar-refractivity contribution in [2.75, 3.05) is 0 Å². The average molecular weight is 142 g/mol. The number of hydrogen-bond acceptors (Lipinski definition) is 0. The smallest absolute Gasteiger partial charge is 0.0476 e. The van der Waals surface area contributed by atoms with Crippen LogP contribution < -0.4 is 0 Å². The minimum atomic E-state index is -0.654. The van der Waals surface area contributed by atoms with Crippen LogP contribution in [0.25, 0.3) is 0 Å². The predicted molar refractivity (Wildman–Crippen MR) is 45.5 cm³/mol. The summed E-state index contributed by atoms with van der Waals surface area (Å²) in [6.45, 7) is 7.47. The van der Waals surface area contributed by atoms with Gasteiger partial charge in [-0.3, -0.25) is 0 Å². The molecule has 1 atom stereocenters. The molecule has 0 aromatic heterocycles. The maximum Gasteiger partial charge on any atom is 0.0476 e. The third-order valence-corrected chi connectivity index (χ3v) is 5.96. The molecule has 0 radical (unpaired) electrons. The highest BCUT2D eigenvalue weighted by molar-refractivity contribution is 6.77. The van der Waals surface area contributed by atoms with Gasteiger partial charge in [0.1, 0.15) is 0 Å². The predicted octanol–water partition coefficient (Wildman–Crippen LogP) is 3.12. The molecule has 0 nitrogen and oxygen atoms in total. The first-order chi connectivity index (χ1) is 4.10. The standard InChI is InChI=1S/C8H18Si/c1-8-5-4-6-9(2,3)7-8/h8H,4-7H2,1-3H3. The van der Waals surface area contributed by atoms with E-state index in [2.05, 4.69) is 20.0 Å². The van der Waals surface area contributed by atoms with Gasteiger partial charge in [0.25, 0.3) is 0 Å². The van der Waals surface area contributed by atoms with Gasteiger partial charge in [-0.1, -0.05) is 44.9 Å². The minimum absolute atomic E-state index is 0.654. The Morgan fingerprint density at radius 3 is 2.33 bits per heavy atom. The molecule has 0 amide bonds. The summed E-state index contributed by atoms with van der Waals surface area (Å²) in [5.41, 5.74) is 0. The van der Waals surface area contributed by atoms with Crippen LogP contribution in [0.3, 0.4) is 0 Å². The Balaban J connectivity index is 2.41. The Labute approximate surface area is 59.7 Å². The summed E-state index contributed by atoms with van der Waals surface area (Å²) in [6.07, 6.45) is 3.01. The summed E-state index contributed by atoms with van der Waals surface area (Å²) in [6, 6.07) is 3.16. The molecule has 0 bridgehead atoms. The molecule has 1 fully saturated rings. The molecule has 0 aromatic carbocycles. The molecule has 54 valence electrons. The fourth-order valence-electron chi connectivity index (χ4n) is 2.08. The van der Waals surface area contributed by atoms with Crippen molar-refractivity contribution in [2.24, 2.45) is 5.92 Å². The molecular formula is C8H18Si. The van der Waals surface area contributed by atoms with Crippen molar-refractivity contribution in [1.82, 2.24) is 0 Å². The Hall–Kier alpha value is 0.217. The van der Waals surface area contributed by atoms with Gasteiger partial charge in [0.15, 0.2) is 0 Å². The molecule has 0 aromatic rings. The first-order valence-electron chi connectivity index (χ1n) is 4.10. The van der Waals surface area contributed by atoms with E-state index in [1.807, 2.05) is 0 Å². The van der Waals surface area contributed by atoms with Crippen LogP contribution in [-0.2, 0) is 0 Å². The van der Waals surface area contributed by atoms with Gasteiger partial charge >= 0.3 is 0 Å². The summed E-state index contributed by atoms with van der Waals surface area (Å²) < 4.78 is 0. The molecule has 1 saturated heterocycles. The topological polar surface area (TPSA) is 0 Å². The Morgan fingerprint density at radius 1 is 1.33 bits per heavy atom. The molecule has 0 N–H and O–H groups in total. The van der Waals surface area contributed by atoms with Crippen LogP contribution in [-0.4, -0.2) is 8.07 Å². The summed E-state index contributed by atoms with van der Waals surface area (Å²) in [7, 11) is -0.654. The van der Waals surface area contributed by atoms with Crippen LogP contribution in [0.4, 0.5) is 0 Å². The quantitative estimate of drug-likeness (QED) is 0.456. The molecule has 1 aliphatic heterocycles. The van der Waals surface area contributed by atoms with Gasteiger partial charge in [0.05, 0.1) is 0 Å². The zero-order valence-corrected chi connectivity index (χ0v) is 7.91. The molecular weight excluding hydrogens is 124 g/mol. The van der Waals surface area contributed by atoms with Gasteiger partial charge in [0.2, 0.25) is 0 Å². The van der Waals surface area contributed by atoms with E-state index in [1.165, 1.54) is 12.8 Å². The molecule has 1 heteroatoms. The van der Waals surface area contributed by atoms with Gasteiger partial charge in [-0.25, -0.2) is 0 Å². The maximum absolute atomic E-state index is 2.53. The summed E-state index contributed by atoms with van der Waals surface area (Å²) in [4.78, 5) is 0. The number of rotatable bonds is 0. The van der Waals surface area contributed by atoms with E-state index in [1.54, 1.807) is 12.1 Å². The highest BCUT2D eigenvalue weighted by atomic mass is 28.3. The molecule has 1 aliphatic rings. The second kappa shape index (κ2) is 2.45. The monoisotopic (exact) mass is 142 g/mol. The number of hydrogen-bond donors (Lipinski definition) is 0. The van der Waals surface area contributed by atoms with E-state index >= 15 is 0 Å². The van der Waals surface area contributed by atoms with Crippen LogP contribution in [0.1, 0.15) is 19.8 Å². The van der Waals surface area contributed by atoms with Gasteiger partial charge in [-0.05, 0) is 5.92 Å². The van der Waals surface area contributed by atoms with Gasteiger partial charge in [-0.2, -0.15) is 0 Å². The SMILES string of the molecule is CC1CCC[Si](C)(C)C1. The zero-order valence-electron chi connectivity index (χ0n) is 6.91. The molecule has 9 heavy (non-hydrogen) atoms. The van der Waals surface area contributed by atoms with Crippen molar-refractivity contribution in [1.29, 1.82) is 0 Å². The molecule has 0 spiro atoms. The average Bonchev–Trinajstić information content (AvgIpc) is 1.60. The van der Waals surface area contributed by atoms with Gasteiger partial charge < -0.3 is 0 Å². The summed E-state index contributed by atoms with van der Waals surface area (Å²) in [5.74, 6) is 1.04. The van der Waals surface area contributed by atoms with E-state index in [9.17, 15) is 0 Å². The van der Waals surface area contributed by atoms with E-state index in [0.717, 1.165) is 5.92 Å².